The molecule has 4 heteroatoms. The molecule has 0 aromatic heterocycles. The largest absolute Gasteiger partial charge is 0.497 e. The number of benzene rings is 1. The van der Waals surface area contributed by atoms with Gasteiger partial charge in [-0.1, -0.05) is 0 Å². The number of nitrogens with zero attached hydrogens (tertiary/aromatic N) is 1. The number of hydrogen-bond donors (Lipinski definition) is 2. The molecule has 3 N–H and O–H groups in total. The van der Waals surface area contributed by atoms with Crippen LogP contribution in [-0.2, 0) is 0 Å². The van der Waals surface area contributed by atoms with Crippen molar-refractivity contribution < 1.29 is 4.74 Å². The molecule has 4 nitrogen and oxygen atoms in total. The molecule has 0 unspecified atom stereocenters. The second kappa shape index (κ2) is 5.08. The average Bonchev–Trinajstić information content (AvgIpc) is 2.18. The van der Waals surface area contributed by atoms with Crippen LogP contribution in [-0.4, -0.2) is 18.6 Å². The Kier molecular flexibility index (Phi) is 3.99. The number of aliphatic imine (C=N–C) groups is 1. The Balaban J connectivity index is 2.86. The van der Waals surface area contributed by atoms with Crippen LogP contribution in [0, 0.1) is 6.92 Å². The van der Waals surface area contributed by atoms with E-state index in [4.69, 9.17) is 10.5 Å². The Morgan fingerprint density at radius 2 is 2.00 bits per heavy atom. The highest BCUT2D eigenvalue weighted by molar-refractivity contribution is 5.93. The standard InChI is InChI=1S/C13H21N3O/c1-9-8-10(17-5)6-7-11(9)15-12(14)16-13(2,3)4/h6-8H,1-5H3,(H3,14,15,16). The number of methoxy groups -OCH3 is 1. The van der Waals surface area contributed by atoms with Gasteiger partial charge in [-0.2, -0.15) is 0 Å². The molecule has 0 saturated carbocycles. The zero-order valence-electron chi connectivity index (χ0n) is 11.2. The van der Waals surface area contributed by atoms with Gasteiger partial charge in [0.15, 0.2) is 5.96 Å². The van der Waals surface area contributed by atoms with Gasteiger partial charge in [0.1, 0.15) is 5.75 Å². The van der Waals surface area contributed by atoms with Crippen LogP contribution in [0.4, 0.5) is 5.69 Å². The number of aryl methyl sites for hydroxylation is 1. The Bertz CT molecular complexity index is 419. The fourth-order valence-corrected chi connectivity index (χ4v) is 1.43. The van der Waals surface area contributed by atoms with Gasteiger partial charge in [-0.3, -0.25) is 0 Å². The molecular weight excluding hydrogens is 214 g/mol. The second-order valence-electron chi connectivity index (χ2n) is 4.97. The summed E-state index contributed by atoms with van der Waals surface area (Å²) in [6.45, 7) is 8.00. The third kappa shape index (κ3) is 4.34. The van der Waals surface area contributed by atoms with Crippen molar-refractivity contribution in [2.45, 2.75) is 33.2 Å². The fourth-order valence-electron chi connectivity index (χ4n) is 1.43. The minimum Gasteiger partial charge on any atom is -0.497 e. The van der Waals surface area contributed by atoms with Gasteiger partial charge in [0, 0.05) is 5.69 Å². The van der Waals surface area contributed by atoms with Crippen molar-refractivity contribution in [3.05, 3.63) is 23.8 Å². The summed E-state index contributed by atoms with van der Waals surface area (Å²) >= 11 is 0. The Morgan fingerprint density at radius 1 is 1.35 bits per heavy atom. The molecule has 0 aliphatic heterocycles. The highest BCUT2D eigenvalue weighted by Gasteiger charge is 2.09. The van der Waals surface area contributed by atoms with E-state index in [9.17, 15) is 0 Å². The van der Waals surface area contributed by atoms with Crippen molar-refractivity contribution in [3.8, 4) is 5.75 Å². The van der Waals surface area contributed by atoms with Gasteiger partial charge in [0.2, 0.25) is 0 Å². The lowest BCUT2D eigenvalue weighted by molar-refractivity contribution is 0.414. The SMILES string of the molecule is COc1ccc(NC(N)=NC(C)(C)C)c(C)c1. The van der Waals surface area contributed by atoms with E-state index in [-0.39, 0.29) is 5.54 Å². The molecule has 0 saturated heterocycles. The number of rotatable bonds is 2. The van der Waals surface area contributed by atoms with Gasteiger partial charge < -0.3 is 15.8 Å². The van der Waals surface area contributed by atoms with E-state index < -0.39 is 0 Å². The summed E-state index contributed by atoms with van der Waals surface area (Å²) in [5.74, 6) is 1.25. The van der Waals surface area contributed by atoms with Gasteiger partial charge in [-0.15, -0.1) is 0 Å². The van der Waals surface area contributed by atoms with E-state index in [2.05, 4.69) is 10.3 Å². The van der Waals surface area contributed by atoms with Crippen LogP contribution < -0.4 is 15.8 Å². The zero-order chi connectivity index (χ0) is 13.1. The number of hydrogen-bond acceptors (Lipinski definition) is 2. The van der Waals surface area contributed by atoms with E-state index in [1.54, 1.807) is 7.11 Å². The predicted molar refractivity (Wildman–Crippen MR) is 72.7 cm³/mol. The molecule has 0 aliphatic rings. The molecule has 17 heavy (non-hydrogen) atoms. The third-order valence-electron chi connectivity index (χ3n) is 2.15. The van der Waals surface area contributed by atoms with E-state index in [0.717, 1.165) is 17.0 Å². The van der Waals surface area contributed by atoms with Gasteiger partial charge in [-0.25, -0.2) is 4.99 Å². The van der Waals surface area contributed by atoms with Crippen LogP contribution in [0.5, 0.6) is 5.75 Å². The molecule has 0 bridgehead atoms. The fraction of sp³-hybridized carbons (Fsp3) is 0.462. The van der Waals surface area contributed by atoms with Crippen molar-refractivity contribution in [2.75, 3.05) is 12.4 Å². The smallest absolute Gasteiger partial charge is 0.193 e. The first-order valence-electron chi connectivity index (χ1n) is 5.59. The first kappa shape index (κ1) is 13.4. The molecule has 94 valence electrons. The topological polar surface area (TPSA) is 59.6 Å². The lowest BCUT2D eigenvalue weighted by Crippen LogP contribution is -2.27. The molecule has 0 fully saturated rings. The number of guanidine groups is 1. The van der Waals surface area contributed by atoms with E-state index >= 15 is 0 Å². The van der Waals surface area contributed by atoms with Crippen molar-refractivity contribution >= 4 is 11.6 Å². The maximum absolute atomic E-state index is 5.84. The van der Waals surface area contributed by atoms with Gasteiger partial charge in [0.05, 0.1) is 12.6 Å². The van der Waals surface area contributed by atoms with Crippen molar-refractivity contribution in [2.24, 2.45) is 10.7 Å². The molecule has 1 rings (SSSR count). The molecule has 1 aromatic carbocycles. The van der Waals surface area contributed by atoms with Crippen molar-refractivity contribution in [3.63, 3.8) is 0 Å². The summed E-state index contributed by atoms with van der Waals surface area (Å²) < 4.78 is 5.15. The molecule has 0 heterocycles. The van der Waals surface area contributed by atoms with Crippen LogP contribution in [0.2, 0.25) is 0 Å². The summed E-state index contributed by atoms with van der Waals surface area (Å²) in [5.41, 5.74) is 7.66. The molecule has 0 amide bonds. The normalized spacial score (nSPS) is 12.4. The van der Waals surface area contributed by atoms with E-state index in [1.165, 1.54) is 0 Å². The molecule has 0 atom stereocenters. The zero-order valence-corrected chi connectivity index (χ0v) is 11.2. The van der Waals surface area contributed by atoms with Crippen LogP contribution in [0.1, 0.15) is 26.3 Å². The minimum atomic E-state index is -0.183. The van der Waals surface area contributed by atoms with Crippen LogP contribution in [0.15, 0.2) is 23.2 Å². The quantitative estimate of drug-likeness (QED) is 0.611. The summed E-state index contributed by atoms with van der Waals surface area (Å²) in [7, 11) is 1.65. The predicted octanol–water partition coefficient (Wildman–Crippen LogP) is 2.53. The number of nitrogens with two attached hydrogens (primary N) is 1. The van der Waals surface area contributed by atoms with Crippen molar-refractivity contribution in [1.82, 2.24) is 0 Å². The highest BCUT2D eigenvalue weighted by atomic mass is 16.5. The first-order valence-corrected chi connectivity index (χ1v) is 5.59. The van der Waals surface area contributed by atoms with Gasteiger partial charge >= 0.3 is 0 Å². The number of ether oxygens (including phenoxy) is 1. The number of anilines is 1. The monoisotopic (exact) mass is 235 g/mol. The van der Waals surface area contributed by atoms with Crippen molar-refractivity contribution in [1.29, 1.82) is 0 Å². The minimum absolute atomic E-state index is 0.183. The lowest BCUT2D eigenvalue weighted by atomic mass is 10.1. The first-order chi connectivity index (χ1) is 7.81. The van der Waals surface area contributed by atoms with Gasteiger partial charge in [-0.05, 0) is 51.5 Å². The van der Waals surface area contributed by atoms with E-state index in [0.29, 0.717) is 5.96 Å². The van der Waals surface area contributed by atoms with Gasteiger partial charge in [0.25, 0.3) is 0 Å². The molecular formula is C13H21N3O. The van der Waals surface area contributed by atoms with Crippen LogP contribution >= 0.6 is 0 Å². The van der Waals surface area contributed by atoms with Crippen LogP contribution in [0.25, 0.3) is 0 Å². The molecule has 0 spiro atoms. The third-order valence-corrected chi connectivity index (χ3v) is 2.15. The molecule has 1 aromatic rings. The molecule has 0 aliphatic carbocycles. The maximum atomic E-state index is 5.84. The highest BCUT2D eigenvalue weighted by Crippen LogP contribution is 2.21. The molecule has 0 radical (unpaired) electrons. The average molecular weight is 235 g/mol. The van der Waals surface area contributed by atoms with E-state index in [1.807, 2.05) is 45.9 Å². The number of nitrogens with one attached hydrogen (secondary N) is 1. The summed E-state index contributed by atoms with van der Waals surface area (Å²) in [4.78, 5) is 4.34. The maximum Gasteiger partial charge on any atom is 0.193 e. The lowest BCUT2D eigenvalue weighted by Gasteiger charge is -2.15. The Labute approximate surface area is 103 Å². The summed E-state index contributed by atoms with van der Waals surface area (Å²) in [6.07, 6.45) is 0. The second-order valence-corrected chi connectivity index (χ2v) is 4.97. The Hall–Kier alpha value is -1.71. The van der Waals surface area contributed by atoms with Crippen LogP contribution in [0.3, 0.4) is 0 Å². The summed E-state index contributed by atoms with van der Waals surface area (Å²) in [6, 6.07) is 5.77. The summed E-state index contributed by atoms with van der Waals surface area (Å²) in [5, 5.41) is 3.09. The Morgan fingerprint density at radius 3 is 2.47 bits per heavy atom.